The zero-order valence-corrected chi connectivity index (χ0v) is 11.0. The number of hydrogen-bond acceptors (Lipinski definition) is 3. The molecule has 1 spiro atoms. The van der Waals surface area contributed by atoms with Gasteiger partial charge >= 0.3 is 7.05 Å². The van der Waals surface area contributed by atoms with Crippen molar-refractivity contribution in [2.45, 2.75) is 37.5 Å². The van der Waals surface area contributed by atoms with Crippen LogP contribution in [0.25, 0.3) is 0 Å². The molecule has 18 heavy (non-hydrogen) atoms. The number of benzene rings is 1. The summed E-state index contributed by atoms with van der Waals surface area (Å²) < 4.78 is 0. The zero-order chi connectivity index (χ0) is 12.8. The molecule has 1 fully saturated rings. The van der Waals surface area contributed by atoms with Crippen molar-refractivity contribution in [3.05, 3.63) is 35.4 Å². The lowest BCUT2D eigenvalue weighted by Gasteiger charge is -2.40. The average molecular weight is 244 g/mol. The Labute approximate surface area is 109 Å². The van der Waals surface area contributed by atoms with Crippen molar-refractivity contribution in [2.75, 3.05) is 13.1 Å². The van der Waals surface area contributed by atoms with Crippen LogP contribution >= 0.6 is 0 Å². The topological polar surface area (TPSA) is 49.5 Å². The van der Waals surface area contributed by atoms with Crippen LogP contribution in [0.4, 0.5) is 0 Å². The fourth-order valence-corrected chi connectivity index (χ4v) is 3.74. The molecule has 1 unspecified atom stereocenters. The van der Waals surface area contributed by atoms with E-state index in [1.54, 1.807) is 0 Å². The van der Waals surface area contributed by atoms with Gasteiger partial charge in [0, 0.05) is 6.04 Å². The Balaban J connectivity index is 1.87. The summed E-state index contributed by atoms with van der Waals surface area (Å²) in [5.74, 6) is 0. The molecule has 3 nitrogen and oxygen atoms in total. The van der Waals surface area contributed by atoms with Gasteiger partial charge in [0.05, 0.1) is 0 Å². The fraction of sp³-hybridized carbons (Fsp3) is 0.571. The van der Waals surface area contributed by atoms with Gasteiger partial charge in [-0.25, -0.2) is 0 Å². The minimum atomic E-state index is -0.326. The maximum atomic E-state index is 9.66. The zero-order valence-electron chi connectivity index (χ0n) is 11.0. The lowest BCUT2D eigenvalue weighted by atomic mass is 9.70. The van der Waals surface area contributed by atoms with Crippen LogP contribution in [0.1, 0.15) is 36.4 Å². The Morgan fingerprint density at radius 2 is 2.00 bits per heavy atom. The van der Waals surface area contributed by atoms with Crippen molar-refractivity contribution >= 4 is 7.05 Å². The van der Waals surface area contributed by atoms with Gasteiger partial charge in [-0.05, 0) is 55.7 Å². The Kier molecular flexibility index (Phi) is 2.97. The van der Waals surface area contributed by atoms with Crippen LogP contribution in [0.5, 0.6) is 0 Å². The third-order valence-electron chi connectivity index (χ3n) is 4.83. The summed E-state index contributed by atoms with van der Waals surface area (Å²) in [6.07, 6.45) is 3.30. The van der Waals surface area contributed by atoms with Gasteiger partial charge in [0.2, 0.25) is 0 Å². The molecule has 0 amide bonds. The van der Waals surface area contributed by atoms with Gasteiger partial charge in [-0.2, -0.15) is 0 Å². The molecule has 1 atom stereocenters. The summed E-state index contributed by atoms with van der Waals surface area (Å²) in [5, 5.41) is 9.66. The van der Waals surface area contributed by atoms with Crippen molar-refractivity contribution in [3.63, 3.8) is 0 Å². The number of fused-ring (bicyclic) bond motifs is 2. The first-order chi connectivity index (χ1) is 8.62. The minimum absolute atomic E-state index is 0.194. The van der Waals surface area contributed by atoms with E-state index in [1.807, 2.05) is 6.82 Å². The Hall–Kier alpha value is -0.835. The number of piperidine rings is 1. The summed E-state index contributed by atoms with van der Waals surface area (Å²) >= 11 is 0. The highest BCUT2D eigenvalue weighted by Gasteiger charge is 2.44. The van der Waals surface area contributed by atoms with Crippen molar-refractivity contribution in [2.24, 2.45) is 5.73 Å². The average Bonchev–Trinajstić information content (AvgIpc) is 2.64. The lowest BCUT2D eigenvalue weighted by Crippen LogP contribution is -2.47. The molecule has 0 saturated carbocycles. The van der Waals surface area contributed by atoms with E-state index in [2.05, 4.69) is 29.1 Å². The summed E-state index contributed by atoms with van der Waals surface area (Å²) in [5.41, 5.74) is 9.35. The largest absolute Gasteiger partial charge is 0.437 e. The molecule has 0 aromatic heterocycles. The number of nitrogens with two attached hydrogens (primary N) is 1. The molecule has 1 aromatic carbocycles. The van der Waals surface area contributed by atoms with Gasteiger partial charge in [0.1, 0.15) is 0 Å². The molecule has 0 bridgehead atoms. The second kappa shape index (κ2) is 4.37. The van der Waals surface area contributed by atoms with Crippen LogP contribution in [0.2, 0.25) is 6.82 Å². The second-order valence-corrected chi connectivity index (χ2v) is 5.85. The van der Waals surface area contributed by atoms with Gasteiger partial charge in [-0.1, -0.05) is 24.3 Å². The maximum absolute atomic E-state index is 9.66. The second-order valence-electron chi connectivity index (χ2n) is 5.85. The van der Waals surface area contributed by atoms with Crippen LogP contribution in [0.15, 0.2) is 24.3 Å². The summed E-state index contributed by atoms with van der Waals surface area (Å²) in [4.78, 5) is 2.15. The molecule has 1 aliphatic carbocycles. The van der Waals surface area contributed by atoms with Crippen LogP contribution in [-0.4, -0.2) is 30.0 Å². The van der Waals surface area contributed by atoms with Gasteiger partial charge < -0.3 is 15.6 Å². The molecule has 1 aliphatic heterocycles. The molecule has 1 aromatic rings. The van der Waals surface area contributed by atoms with E-state index in [4.69, 9.17) is 5.73 Å². The van der Waals surface area contributed by atoms with E-state index >= 15 is 0 Å². The van der Waals surface area contributed by atoms with E-state index in [-0.39, 0.29) is 18.5 Å². The van der Waals surface area contributed by atoms with E-state index in [1.165, 1.54) is 11.1 Å². The number of hydrogen-bond donors (Lipinski definition) is 2. The molecule has 3 N–H and O–H groups in total. The molecule has 3 rings (SSSR count). The van der Waals surface area contributed by atoms with Gasteiger partial charge in [0.25, 0.3) is 0 Å². The molecule has 2 aliphatic rings. The van der Waals surface area contributed by atoms with Gasteiger partial charge in [0.15, 0.2) is 0 Å². The molecular formula is C14H21BN2O. The first kappa shape index (κ1) is 12.2. The van der Waals surface area contributed by atoms with Gasteiger partial charge in [-0.15, -0.1) is 0 Å². The first-order valence-electron chi connectivity index (χ1n) is 6.89. The first-order valence-corrected chi connectivity index (χ1v) is 6.89. The predicted molar refractivity (Wildman–Crippen MR) is 74.3 cm³/mol. The van der Waals surface area contributed by atoms with Crippen LogP contribution in [0.3, 0.4) is 0 Å². The van der Waals surface area contributed by atoms with E-state index in [9.17, 15) is 5.02 Å². The van der Waals surface area contributed by atoms with E-state index < -0.39 is 0 Å². The van der Waals surface area contributed by atoms with Crippen molar-refractivity contribution in [3.8, 4) is 0 Å². The number of nitrogens with zero attached hydrogens (tertiary/aromatic N) is 1. The molecular weight excluding hydrogens is 223 g/mol. The van der Waals surface area contributed by atoms with Gasteiger partial charge in [-0.3, -0.25) is 0 Å². The molecule has 1 saturated heterocycles. The lowest BCUT2D eigenvalue weighted by molar-refractivity contribution is 0.209. The molecule has 4 heteroatoms. The molecule has 1 heterocycles. The van der Waals surface area contributed by atoms with Crippen LogP contribution < -0.4 is 5.73 Å². The SMILES string of the molecule is CB(O)N1CCC2(CC1)CC(N)c1ccccc12. The van der Waals surface area contributed by atoms with Crippen molar-refractivity contribution < 1.29 is 5.02 Å². The van der Waals surface area contributed by atoms with Crippen LogP contribution in [0, 0.1) is 0 Å². The minimum Gasteiger partial charge on any atom is -0.437 e. The standard InChI is InChI=1S/C14H21BN2O/c1-15(18)17-8-6-14(7-9-17)10-13(16)11-4-2-3-5-12(11)14/h2-5,13,18H,6-10,16H2,1H3. The Bertz CT molecular complexity index is 441. The Morgan fingerprint density at radius 3 is 2.67 bits per heavy atom. The van der Waals surface area contributed by atoms with Crippen molar-refractivity contribution in [1.82, 2.24) is 4.81 Å². The molecule has 96 valence electrons. The summed E-state index contributed by atoms with van der Waals surface area (Å²) in [7, 11) is -0.326. The maximum Gasteiger partial charge on any atom is 0.376 e. The number of rotatable bonds is 1. The third kappa shape index (κ3) is 1.80. The van der Waals surface area contributed by atoms with Crippen molar-refractivity contribution in [1.29, 1.82) is 0 Å². The quantitative estimate of drug-likeness (QED) is 0.736. The normalized spacial score (nSPS) is 26.3. The van der Waals surface area contributed by atoms with Crippen LogP contribution in [-0.2, 0) is 5.41 Å². The van der Waals surface area contributed by atoms with E-state index in [0.717, 1.165) is 32.4 Å². The monoisotopic (exact) mass is 244 g/mol. The smallest absolute Gasteiger partial charge is 0.376 e. The summed E-state index contributed by atoms with van der Waals surface area (Å²) in [6, 6.07) is 8.83. The predicted octanol–water partition coefficient (Wildman–Crippen LogP) is 1.53. The summed E-state index contributed by atoms with van der Waals surface area (Å²) in [6.45, 7) is 3.80. The molecule has 0 radical (unpaired) electrons. The Morgan fingerprint density at radius 1 is 1.33 bits per heavy atom. The fourth-order valence-electron chi connectivity index (χ4n) is 3.74. The highest BCUT2D eigenvalue weighted by atomic mass is 16.2. The highest BCUT2D eigenvalue weighted by Crippen LogP contribution is 2.49. The highest BCUT2D eigenvalue weighted by molar-refractivity contribution is 6.45. The third-order valence-corrected chi connectivity index (χ3v) is 4.83. The van der Waals surface area contributed by atoms with E-state index in [0.29, 0.717) is 0 Å².